The third kappa shape index (κ3) is 3.48. The number of ether oxygens (including phenoxy) is 1. The van der Waals surface area contributed by atoms with E-state index in [4.69, 9.17) is 11.6 Å². The zero-order valence-electron chi connectivity index (χ0n) is 14.9. The van der Waals surface area contributed by atoms with Gasteiger partial charge in [-0.3, -0.25) is 4.68 Å². The molecule has 0 bridgehead atoms. The summed E-state index contributed by atoms with van der Waals surface area (Å²) in [5.74, 6) is -5.92. The highest BCUT2D eigenvalue weighted by Gasteiger charge is 2.61. The number of esters is 1. The van der Waals surface area contributed by atoms with E-state index in [2.05, 4.69) is 20.1 Å². The first-order valence-corrected chi connectivity index (χ1v) is 8.87. The summed E-state index contributed by atoms with van der Waals surface area (Å²) < 4.78 is 72.3. The molecule has 3 heterocycles. The van der Waals surface area contributed by atoms with Gasteiger partial charge in [0.05, 0.1) is 23.7 Å². The van der Waals surface area contributed by atoms with Crippen LogP contribution in [0.3, 0.4) is 0 Å². The predicted octanol–water partition coefficient (Wildman–Crippen LogP) is 4.13. The number of aryl methyl sites for hydroxylation is 1. The SMILES string of the molecule is COC(=O)c1cc(-c2cn(-c3c(C)c(C(F)(F)C(F)(F)F)nn3C)nn2)sc1Cl. The van der Waals surface area contributed by atoms with Crippen LogP contribution in [0.2, 0.25) is 4.34 Å². The molecule has 0 atom stereocenters. The molecule has 14 heteroatoms. The fraction of sp³-hybridized carbons (Fsp3) is 0.333. The van der Waals surface area contributed by atoms with Gasteiger partial charge < -0.3 is 4.74 Å². The molecule has 0 N–H and O–H groups in total. The molecule has 156 valence electrons. The Hall–Kier alpha value is -2.54. The fourth-order valence-electron chi connectivity index (χ4n) is 2.60. The Kier molecular flexibility index (Phi) is 5.15. The van der Waals surface area contributed by atoms with Crippen molar-refractivity contribution in [3.05, 3.63) is 33.4 Å². The number of alkyl halides is 5. The van der Waals surface area contributed by atoms with Crippen LogP contribution < -0.4 is 0 Å². The number of carbonyl (C=O) groups is 1. The summed E-state index contributed by atoms with van der Waals surface area (Å²) in [4.78, 5) is 12.1. The molecule has 0 aliphatic rings. The predicted molar refractivity (Wildman–Crippen MR) is 92.5 cm³/mol. The lowest BCUT2D eigenvalue weighted by molar-refractivity contribution is -0.291. The van der Waals surface area contributed by atoms with Crippen molar-refractivity contribution in [2.24, 2.45) is 7.05 Å². The Morgan fingerprint density at radius 3 is 2.52 bits per heavy atom. The number of rotatable bonds is 4. The van der Waals surface area contributed by atoms with Crippen molar-refractivity contribution >= 4 is 28.9 Å². The zero-order chi connectivity index (χ0) is 21.7. The van der Waals surface area contributed by atoms with Crippen LogP contribution in [-0.2, 0) is 17.7 Å². The first-order chi connectivity index (χ1) is 13.4. The molecule has 29 heavy (non-hydrogen) atoms. The molecular weight excluding hydrogens is 445 g/mol. The van der Waals surface area contributed by atoms with Gasteiger partial charge in [0, 0.05) is 12.6 Å². The van der Waals surface area contributed by atoms with Crippen molar-refractivity contribution in [2.75, 3.05) is 7.11 Å². The van der Waals surface area contributed by atoms with Crippen LogP contribution in [0.1, 0.15) is 21.6 Å². The summed E-state index contributed by atoms with van der Waals surface area (Å²) in [7, 11) is 2.39. The van der Waals surface area contributed by atoms with Crippen molar-refractivity contribution in [3.8, 4) is 16.4 Å². The van der Waals surface area contributed by atoms with E-state index in [1.165, 1.54) is 26.4 Å². The maximum atomic E-state index is 13.8. The molecule has 0 radical (unpaired) electrons. The lowest BCUT2D eigenvalue weighted by atomic mass is 10.1. The van der Waals surface area contributed by atoms with Gasteiger partial charge in [-0.1, -0.05) is 16.8 Å². The molecule has 0 unspecified atom stereocenters. The second-order valence-electron chi connectivity index (χ2n) is 5.83. The van der Waals surface area contributed by atoms with Gasteiger partial charge in [-0.2, -0.15) is 27.1 Å². The molecule has 0 aromatic carbocycles. The van der Waals surface area contributed by atoms with Gasteiger partial charge in [0.15, 0.2) is 5.82 Å². The van der Waals surface area contributed by atoms with Crippen LogP contribution in [0.4, 0.5) is 22.0 Å². The quantitative estimate of drug-likeness (QED) is 0.437. The lowest BCUT2D eigenvalue weighted by Gasteiger charge is -2.17. The first-order valence-electron chi connectivity index (χ1n) is 7.67. The van der Waals surface area contributed by atoms with Crippen LogP contribution in [0.15, 0.2) is 12.3 Å². The summed E-state index contributed by atoms with van der Waals surface area (Å²) in [5, 5.41) is 11.0. The highest BCUT2D eigenvalue weighted by Crippen LogP contribution is 2.45. The summed E-state index contributed by atoms with van der Waals surface area (Å²) in [6.07, 6.45) is -4.50. The van der Waals surface area contributed by atoms with Crippen molar-refractivity contribution in [1.29, 1.82) is 0 Å². The number of halogens is 6. The molecular formula is C15H11ClF5N5O2S. The Labute approximate surface area is 168 Å². The number of carbonyl (C=O) groups excluding carboxylic acids is 1. The lowest BCUT2D eigenvalue weighted by Crippen LogP contribution is -2.34. The van der Waals surface area contributed by atoms with Gasteiger partial charge in [0.25, 0.3) is 0 Å². The van der Waals surface area contributed by atoms with Crippen molar-refractivity contribution in [3.63, 3.8) is 0 Å². The standard InChI is InChI=1S/C15H11ClF5N5O2S/c1-6-10(14(17,18)15(19,20)21)23-25(2)12(6)26-5-8(22-24-26)9-4-7(11(16)29-9)13(27)28-3/h4-5H,1-3H3. The number of thiophene rings is 1. The van der Waals surface area contributed by atoms with E-state index in [1.54, 1.807) is 0 Å². The Bertz CT molecular complexity index is 1090. The van der Waals surface area contributed by atoms with Crippen LogP contribution >= 0.6 is 22.9 Å². The number of hydrogen-bond donors (Lipinski definition) is 0. The van der Waals surface area contributed by atoms with Gasteiger partial charge >= 0.3 is 18.1 Å². The molecule has 3 aromatic heterocycles. The Morgan fingerprint density at radius 1 is 1.28 bits per heavy atom. The van der Waals surface area contributed by atoms with E-state index < -0.39 is 29.3 Å². The third-order valence-corrected chi connectivity index (χ3v) is 5.34. The highest BCUT2D eigenvalue weighted by molar-refractivity contribution is 7.19. The van der Waals surface area contributed by atoms with Crippen molar-refractivity contribution in [1.82, 2.24) is 24.8 Å². The minimum Gasteiger partial charge on any atom is -0.465 e. The highest BCUT2D eigenvalue weighted by atomic mass is 35.5. The van der Waals surface area contributed by atoms with E-state index in [-0.39, 0.29) is 21.4 Å². The minimum absolute atomic E-state index is 0.104. The van der Waals surface area contributed by atoms with Crippen LogP contribution in [0.5, 0.6) is 0 Å². The zero-order valence-corrected chi connectivity index (χ0v) is 16.5. The third-order valence-electron chi connectivity index (χ3n) is 3.96. The molecule has 0 amide bonds. The fourth-order valence-corrected chi connectivity index (χ4v) is 3.80. The van der Waals surface area contributed by atoms with E-state index in [0.29, 0.717) is 4.88 Å². The summed E-state index contributed by atoms with van der Waals surface area (Å²) in [6.45, 7) is 1.08. The molecule has 0 fully saturated rings. The average Bonchev–Trinajstić information content (AvgIpc) is 3.31. The largest absolute Gasteiger partial charge is 0.465 e. The van der Waals surface area contributed by atoms with Gasteiger partial charge in [-0.15, -0.1) is 16.4 Å². The smallest absolute Gasteiger partial charge is 0.459 e. The van der Waals surface area contributed by atoms with E-state index >= 15 is 0 Å². The van der Waals surface area contributed by atoms with Crippen LogP contribution in [-0.4, -0.2) is 44.0 Å². The summed E-state index contributed by atoms with van der Waals surface area (Å²) >= 11 is 7.00. The molecule has 0 spiro atoms. The molecule has 0 aliphatic carbocycles. The second kappa shape index (κ2) is 7.06. The molecule has 3 aromatic rings. The Morgan fingerprint density at radius 2 is 1.93 bits per heavy atom. The monoisotopic (exact) mass is 455 g/mol. The molecule has 7 nitrogen and oxygen atoms in total. The van der Waals surface area contributed by atoms with Crippen molar-refractivity contribution < 1.29 is 31.5 Å². The molecule has 3 rings (SSSR count). The maximum absolute atomic E-state index is 13.8. The van der Waals surface area contributed by atoms with Crippen LogP contribution in [0, 0.1) is 6.92 Å². The first kappa shape index (κ1) is 21.2. The van der Waals surface area contributed by atoms with E-state index in [0.717, 1.165) is 27.6 Å². The topological polar surface area (TPSA) is 74.8 Å². The maximum Gasteiger partial charge on any atom is 0.459 e. The number of aromatic nitrogens is 5. The average molecular weight is 456 g/mol. The van der Waals surface area contributed by atoms with Gasteiger partial charge in [-0.25, -0.2) is 9.48 Å². The molecule has 0 aliphatic heterocycles. The van der Waals surface area contributed by atoms with Gasteiger partial charge in [0.2, 0.25) is 0 Å². The minimum atomic E-state index is -5.80. The number of methoxy groups -OCH3 is 1. The van der Waals surface area contributed by atoms with E-state index in [1.807, 2.05) is 0 Å². The number of nitrogens with zero attached hydrogens (tertiary/aromatic N) is 5. The van der Waals surface area contributed by atoms with Crippen molar-refractivity contribution in [2.45, 2.75) is 19.0 Å². The normalized spacial score (nSPS) is 12.4. The van der Waals surface area contributed by atoms with Crippen LogP contribution in [0.25, 0.3) is 16.4 Å². The molecule has 0 saturated heterocycles. The summed E-state index contributed by atoms with van der Waals surface area (Å²) in [5.41, 5.74) is -1.51. The molecule has 0 saturated carbocycles. The van der Waals surface area contributed by atoms with E-state index in [9.17, 15) is 26.7 Å². The second-order valence-corrected chi connectivity index (χ2v) is 7.49. The summed E-state index contributed by atoms with van der Waals surface area (Å²) in [6, 6.07) is 1.41. The Balaban J connectivity index is 2.03. The number of hydrogen-bond acceptors (Lipinski definition) is 6. The van der Waals surface area contributed by atoms with Gasteiger partial charge in [-0.05, 0) is 13.0 Å². The van der Waals surface area contributed by atoms with Gasteiger partial charge in [0.1, 0.15) is 15.7 Å².